The number of aromatic amines is 1. The van der Waals surface area contributed by atoms with Gasteiger partial charge in [0, 0.05) is 5.54 Å². The first-order valence-electron chi connectivity index (χ1n) is 9.33. The first-order valence-corrected chi connectivity index (χ1v) is 9.33. The number of H-pyrrole nitrogens is 1. The van der Waals surface area contributed by atoms with E-state index in [1.807, 2.05) is 13.8 Å². The second-order valence-corrected chi connectivity index (χ2v) is 7.73. The molecule has 1 aromatic carbocycles. The molecule has 2 N–H and O–H groups in total. The first-order chi connectivity index (χ1) is 13.6. The van der Waals surface area contributed by atoms with E-state index in [-0.39, 0.29) is 11.4 Å². The van der Waals surface area contributed by atoms with Crippen LogP contribution in [0.25, 0.3) is 0 Å². The van der Waals surface area contributed by atoms with Crippen molar-refractivity contribution in [1.82, 2.24) is 20.4 Å². The highest BCUT2D eigenvalue weighted by Gasteiger charge is 2.40. The highest BCUT2D eigenvalue weighted by atomic mass is 19.2. The zero-order valence-electron chi connectivity index (χ0n) is 16.5. The van der Waals surface area contributed by atoms with E-state index < -0.39 is 39.7 Å². The smallest absolute Gasteiger partial charge is 0.322 e. The summed E-state index contributed by atoms with van der Waals surface area (Å²) in [6, 6.07) is 2.71. The SMILES string of the molecule is Cc1[nH]nc(C(=O)NC(c2ccc(F)c(F)c2)C(C)(C)N2CCCC2)c1[N+](=O)[O-]. The van der Waals surface area contributed by atoms with Gasteiger partial charge in [-0.05, 0) is 64.4 Å². The van der Waals surface area contributed by atoms with E-state index in [0.29, 0.717) is 5.56 Å². The second kappa shape index (κ2) is 7.86. The normalized spacial score (nSPS) is 16.0. The maximum atomic E-state index is 13.9. The highest BCUT2D eigenvalue weighted by Crippen LogP contribution is 2.35. The quantitative estimate of drug-likeness (QED) is 0.565. The Kier molecular flexibility index (Phi) is 5.65. The number of hydrogen-bond donors (Lipinski definition) is 2. The Morgan fingerprint density at radius 1 is 1.31 bits per heavy atom. The summed E-state index contributed by atoms with van der Waals surface area (Å²) in [6.07, 6.45) is 1.98. The predicted octanol–water partition coefficient (Wildman–Crippen LogP) is 3.25. The number of nitro groups is 1. The summed E-state index contributed by atoms with van der Waals surface area (Å²) in [7, 11) is 0. The Bertz CT molecular complexity index is 938. The molecule has 10 heteroatoms. The van der Waals surface area contributed by atoms with Crippen LogP contribution in [-0.4, -0.2) is 44.6 Å². The molecule has 1 aliphatic heterocycles. The van der Waals surface area contributed by atoms with E-state index in [1.165, 1.54) is 13.0 Å². The van der Waals surface area contributed by atoms with Gasteiger partial charge in [0.25, 0.3) is 5.91 Å². The van der Waals surface area contributed by atoms with Gasteiger partial charge in [0.15, 0.2) is 11.6 Å². The van der Waals surface area contributed by atoms with Crippen molar-refractivity contribution in [3.05, 3.63) is 56.9 Å². The third-order valence-corrected chi connectivity index (χ3v) is 5.49. The molecule has 0 bridgehead atoms. The molecule has 0 saturated carbocycles. The fraction of sp³-hybridized carbons (Fsp3) is 0.474. The first kappa shape index (κ1) is 20.8. The molecule has 1 aliphatic rings. The number of carbonyl (C=O) groups excluding carboxylic acids is 1. The van der Waals surface area contributed by atoms with Gasteiger partial charge in [-0.15, -0.1) is 0 Å². The molecule has 1 fully saturated rings. The standard InChI is InChI=1S/C19H23F2N5O3/c1-11-16(26(28)29)15(24-23-11)18(27)22-17(12-6-7-13(20)14(21)10-12)19(2,3)25-8-4-5-9-25/h6-7,10,17H,4-5,8-9H2,1-3H3,(H,22,27)(H,23,24). The lowest BCUT2D eigenvalue weighted by Gasteiger charge is -2.42. The van der Waals surface area contributed by atoms with Gasteiger partial charge in [-0.25, -0.2) is 8.78 Å². The van der Waals surface area contributed by atoms with Crippen molar-refractivity contribution < 1.29 is 18.5 Å². The van der Waals surface area contributed by atoms with Crippen LogP contribution in [0.1, 0.15) is 54.5 Å². The number of hydrogen-bond acceptors (Lipinski definition) is 5. The molecule has 0 radical (unpaired) electrons. The number of likely N-dealkylation sites (tertiary alicyclic amines) is 1. The third kappa shape index (κ3) is 3.98. The zero-order chi connectivity index (χ0) is 21.3. The number of amides is 1. The largest absolute Gasteiger partial charge is 0.342 e. The van der Waals surface area contributed by atoms with Crippen LogP contribution in [0.2, 0.25) is 0 Å². The topological polar surface area (TPSA) is 104 Å². The van der Waals surface area contributed by atoms with E-state index in [0.717, 1.165) is 38.1 Å². The van der Waals surface area contributed by atoms with E-state index in [1.54, 1.807) is 0 Å². The average molecular weight is 407 g/mol. The van der Waals surface area contributed by atoms with Gasteiger partial charge in [0.2, 0.25) is 5.69 Å². The molecule has 156 valence electrons. The van der Waals surface area contributed by atoms with Crippen LogP contribution >= 0.6 is 0 Å². The van der Waals surface area contributed by atoms with Crippen molar-refractivity contribution in [2.75, 3.05) is 13.1 Å². The molecule has 1 saturated heterocycles. The van der Waals surface area contributed by atoms with Crippen LogP contribution in [-0.2, 0) is 0 Å². The van der Waals surface area contributed by atoms with Gasteiger partial charge in [0.05, 0.1) is 11.0 Å². The van der Waals surface area contributed by atoms with Crippen LogP contribution in [0.15, 0.2) is 18.2 Å². The summed E-state index contributed by atoms with van der Waals surface area (Å²) in [5, 5.41) is 20.3. The molecule has 29 heavy (non-hydrogen) atoms. The van der Waals surface area contributed by atoms with Gasteiger partial charge in [-0.3, -0.25) is 24.9 Å². The fourth-order valence-corrected chi connectivity index (χ4v) is 3.84. The monoisotopic (exact) mass is 407 g/mol. The van der Waals surface area contributed by atoms with Crippen molar-refractivity contribution in [3.8, 4) is 0 Å². The van der Waals surface area contributed by atoms with E-state index in [4.69, 9.17) is 0 Å². The second-order valence-electron chi connectivity index (χ2n) is 7.73. The molecule has 8 nitrogen and oxygen atoms in total. The minimum Gasteiger partial charge on any atom is -0.342 e. The Morgan fingerprint density at radius 2 is 1.97 bits per heavy atom. The number of aryl methyl sites for hydroxylation is 1. The lowest BCUT2D eigenvalue weighted by atomic mass is 9.86. The number of nitrogens with one attached hydrogen (secondary N) is 2. The Balaban J connectivity index is 2.00. The molecule has 0 spiro atoms. The zero-order valence-corrected chi connectivity index (χ0v) is 16.5. The summed E-state index contributed by atoms with van der Waals surface area (Å²) < 4.78 is 27.4. The van der Waals surface area contributed by atoms with Gasteiger partial charge in [0.1, 0.15) is 5.69 Å². The number of carbonyl (C=O) groups is 1. The molecule has 3 rings (SSSR count). The lowest BCUT2D eigenvalue weighted by molar-refractivity contribution is -0.385. The van der Waals surface area contributed by atoms with E-state index in [9.17, 15) is 23.7 Å². The summed E-state index contributed by atoms with van der Waals surface area (Å²) in [4.78, 5) is 25.7. The Hall–Kier alpha value is -2.88. The maximum absolute atomic E-state index is 13.9. The number of benzene rings is 1. The Morgan fingerprint density at radius 3 is 2.55 bits per heavy atom. The minimum atomic E-state index is -1.03. The number of rotatable bonds is 6. The van der Waals surface area contributed by atoms with Crippen LogP contribution in [0.4, 0.5) is 14.5 Å². The van der Waals surface area contributed by atoms with Gasteiger partial charge >= 0.3 is 5.69 Å². The average Bonchev–Trinajstić information content (AvgIpc) is 3.32. The number of nitrogens with zero attached hydrogens (tertiary/aromatic N) is 3. The van der Waals surface area contributed by atoms with Crippen molar-refractivity contribution >= 4 is 11.6 Å². The van der Waals surface area contributed by atoms with Crippen LogP contribution in [0.5, 0.6) is 0 Å². The molecular weight excluding hydrogens is 384 g/mol. The van der Waals surface area contributed by atoms with Crippen molar-refractivity contribution in [3.63, 3.8) is 0 Å². The molecule has 2 heterocycles. The molecule has 2 aromatic rings. The summed E-state index contributed by atoms with van der Waals surface area (Å²) in [5.74, 6) is -2.78. The van der Waals surface area contributed by atoms with Crippen LogP contribution in [0.3, 0.4) is 0 Å². The maximum Gasteiger partial charge on any atom is 0.322 e. The summed E-state index contributed by atoms with van der Waals surface area (Å²) in [6.45, 7) is 6.84. The van der Waals surface area contributed by atoms with Gasteiger partial charge < -0.3 is 5.32 Å². The predicted molar refractivity (Wildman–Crippen MR) is 101 cm³/mol. The fourth-order valence-electron chi connectivity index (χ4n) is 3.84. The number of halogens is 2. The van der Waals surface area contributed by atoms with E-state index in [2.05, 4.69) is 20.4 Å². The molecule has 1 aromatic heterocycles. The van der Waals surface area contributed by atoms with Crippen molar-refractivity contribution in [2.24, 2.45) is 0 Å². The lowest BCUT2D eigenvalue weighted by Crippen LogP contribution is -2.52. The minimum absolute atomic E-state index is 0.156. The van der Waals surface area contributed by atoms with Crippen LogP contribution in [0, 0.1) is 28.7 Å². The summed E-state index contributed by atoms with van der Waals surface area (Å²) in [5.41, 5.74) is -0.897. The third-order valence-electron chi connectivity index (χ3n) is 5.49. The molecule has 0 aliphatic carbocycles. The molecule has 1 unspecified atom stereocenters. The van der Waals surface area contributed by atoms with Crippen molar-refractivity contribution in [2.45, 2.75) is 45.2 Å². The van der Waals surface area contributed by atoms with Crippen LogP contribution < -0.4 is 5.32 Å². The van der Waals surface area contributed by atoms with Gasteiger partial charge in [-0.1, -0.05) is 6.07 Å². The number of aromatic nitrogens is 2. The molecule has 1 amide bonds. The highest BCUT2D eigenvalue weighted by molar-refractivity contribution is 5.96. The molecular formula is C19H23F2N5O3. The van der Waals surface area contributed by atoms with Gasteiger partial charge in [-0.2, -0.15) is 5.10 Å². The van der Waals surface area contributed by atoms with E-state index >= 15 is 0 Å². The Labute approximate surface area is 166 Å². The molecule has 1 atom stereocenters. The van der Waals surface area contributed by atoms with Crippen molar-refractivity contribution in [1.29, 1.82) is 0 Å². The summed E-state index contributed by atoms with van der Waals surface area (Å²) >= 11 is 0.